The number of aromatic nitrogens is 2. The normalized spacial score (nSPS) is 10.2. The van der Waals surface area contributed by atoms with E-state index in [4.69, 9.17) is 5.73 Å². The van der Waals surface area contributed by atoms with Gasteiger partial charge in [-0.3, -0.25) is 9.78 Å². The highest BCUT2D eigenvalue weighted by molar-refractivity contribution is 7.18. The second-order valence-electron chi connectivity index (χ2n) is 4.42. The van der Waals surface area contributed by atoms with E-state index in [1.165, 1.54) is 11.3 Å². The van der Waals surface area contributed by atoms with Crippen LogP contribution >= 0.6 is 11.3 Å². The van der Waals surface area contributed by atoms with Crippen molar-refractivity contribution in [2.75, 3.05) is 16.4 Å². The Balaban J connectivity index is 1.76. The molecule has 0 aliphatic heterocycles. The van der Waals surface area contributed by atoms with E-state index in [9.17, 15) is 4.79 Å². The van der Waals surface area contributed by atoms with Crippen molar-refractivity contribution >= 4 is 39.6 Å². The Labute approximate surface area is 131 Å². The molecular weight excluding hydrogens is 298 g/mol. The summed E-state index contributed by atoms with van der Waals surface area (Å²) in [6.45, 7) is 0. The SMILES string of the molecule is Nc1nc(Nc2ccccc2)sc1C(=O)Nc1cccnc1. The summed E-state index contributed by atoms with van der Waals surface area (Å²) in [5, 5.41) is 6.43. The number of nitrogen functional groups attached to an aromatic ring is 1. The van der Waals surface area contributed by atoms with Gasteiger partial charge in [0.05, 0.1) is 11.9 Å². The molecule has 0 saturated heterocycles. The first kappa shape index (κ1) is 14.0. The van der Waals surface area contributed by atoms with Crippen molar-refractivity contribution in [3.8, 4) is 0 Å². The first-order valence-electron chi connectivity index (χ1n) is 6.52. The molecule has 0 radical (unpaired) electrons. The maximum absolute atomic E-state index is 12.2. The van der Waals surface area contributed by atoms with Gasteiger partial charge in [0.15, 0.2) is 5.13 Å². The number of anilines is 4. The summed E-state index contributed by atoms with van der Waals surface area (Å²) in [5.74, 6) is -0.103. The minimum Gasteiger partial charge on any atom is -0.382 e. The molecule has 110 valence electrons. The van der Waals surface area contributed by atoms with E-state index >= 15 is 0 Å². The number of carbonyl (C=O) groups excluding carboxylic acids is 1. The number of hydrogen-bond donors (Lipinski definition) is 3. The fraction of sp³-hybridized carbons (Fsp3) is 0. The monoisotopic (exact) mass is 311 g/mol. The fourth-order valence-electron chi connectivity index (χ4n) is 1.82. The van der Waals surface area contributed by atoms with E-state index in [2.05, 4.69) is 20.6 Å². The number of nitrogens with two attached hydrogens (primary N) is 1. The van der Waals surface area contributed by atoms with Crippen LogP contribution in [0.4, 0.5) is 22.3 Å². The van der Waals surface area contributed by atoms with Crippen LogP contribution in [0, 0.1) is 0 Å². The van der Waals surface area contributed by atoms with Crippen molar-refractivity contribution in [3.05, 3.63) is 59.7 Å². The van der Waals surface area contributed by atoms with Crippen LogP contribution in [0.3, 0.4) is 0 Å². The zero-order valence-corrected chi connectivity index (χ0v) is 12.3. The standard InChI is InChI=1S/C15H13N5OS/c16-13-12(14(21)18-11-7-4-8-17-9-11)22-15(20-13)19-10-5-2-1-3-6-10/h1-9H,16H2,(H,18,21)(H,19,20). The minimum atomic E-state index is -0.302. The van der Waals surface area contributed by atoms with Crippen LogP contribution in [0.25, 0.3) is 0 Å². The Bertz CT molecular complexity index is 773. The van der Waals surface area contributed by atoms with Crippen molar-refractivity contribution in [2.24, 2.45) is 0 Å². The predicted octanol–water partition coefficient (Wildman–Crippen LogP) is 3.12. The lowest BCUT2D eigenvalue weighted by molar-refractivity contribution is 0.103. The zero-order chi connectivity index (χ0) is 15.4. The third kappa shape index (κ3) is 3.21. The van der Waals surface area contributed by atoms with E-state index in [0.29, 0.717) is 15.7 Å². The highest BCUT2D eigenvalue weighted by Gasteiger charge is 2.16. The van der Waals surface area contributed by atoms with Gasteiger partial charge >= 0.3 is 0 Å². The number of rotatable bonds is 4. The second-order valence-corrected chi connectivity index (χ2v) is 5.42. The Morgan fingerprint density at radius 3 is 2.59 bits per heavy atom. The van der Waals surface area contributed by atoms with Crippen molar-refractivity contribution in [3.63, 3.8) is 0 Å². The van der Waals surface area contributed by atoms with Crippen molar-refractivity contribution in [2.45, 2.75) is 0 Å². The highest BCUT2D eigenvalue weighted by Crippen LogP contribution is 2.28. The first-order valence-corrected chi connectivity index (χ1v) is 7.34. The number of hydrogen-bond acceptors (Lipinski definition) is 6. The molecule has 4 N–H and O–H groups in total. The van der Waals surface area contributed by atoms with Gasteiger partial charge in [0.2, 0.25) is 0 Å². The van der Waals surface area contributed by atoms with Gasteiger partial charge in [-0.05, 0) is 24.3 Å². The second kappa shape index (κ2) is 6.23. The third-order valence-electron chi connectivity index (χ3n) is 2.80. The molecule has 0 atom stereocenters. The van der Waals surface area contributed by atoms with Crippen LogP contribution in [-0.4, -0.2) is 15.9 Å². The largest absolute Gasteiger partial charge is 0.382 e. The summed E-state index contributed by atoms with van der Waals surface area (Å²) in [6, 6.07) is 13.1. The molecular formula is C15H13N5OS. The van der Waals surface area contributed by atoms with E-state index in [-0.39, 0.29) is 11.7 Å². The zero-order valence-electron chi connectivity index (χ0n) is 11.5. The smallest absolute Gasteiger partial charge is 0.269 e. The predicted molar refractivity (Wildman–Crippen MR) is 88.4 cm³/mol. The molecule has 2 heterocycles. The van der Waals surface area contributed by atoms with E-state index in [1.807, 2.05) is 30.3 Å². The first-order chi connectivity index (χ1) is 10.7. The summed E-state index contributed by atoms with van der Waals surface area (Å²) in [4.78, 5) is 20.7. The number of pyridine rings is 1. The molecule has 1 aromatic carbocycles. The topological polar surface area (TPSA) is 92.9 Å². The Hall–Kier alpha value is -2.93. The van der Waals surface area contributed by atoms with Crippen molar-refractivity contribution < 1.29 is 4.79 Å². The summed E-state index contributed by atoms with van der Waals surface area (Å²) < 4.78 is 0. The molecule has 3 rings (SSSR count). The number of nitrogens with one attached hydrogen (secondary N) is 2. The van der Waals surface area contributed by atoms with Gasteiger partial charge < -0.3 is 16.4 Å². The van der Waals surface area contributed by atoms with Crippen LogP contribution in [-0.2, 0) is 0 Å². The molecule has 6 nitrogen and oxygen atoms in total. The van der Waals surface area contributed by atoms with Crippen molar-refractivity contribution in [1.29, 1.82) is 0 Å². The molecule has 2 aromatic heterocycles. The number of para-hydroxylation sites is 1. The number of carbonyl (C=O) groups is 1. The Kier molecular flexibility index (Phi) is 3.97. The number of amides is 1. The molecule has 7 heteroatoms. The minimum absolute atomic E-state index is 0.199. The molecule has 0 saturated carbocycles. The number of benzene rings is 1. The summed E-state index contributed by atoms with van der Waals surface area (Å²) in [5.41, 5.74) is 7.33. The van der Waals surface area contributed by atoms with Gasteiger partial charge in [-0.2, -0.15) is 0 Å². The van der Waals surface area contributed by atoms with Gasteiger partial charge in [0, 0.05) is 11.9 Å². The third-order valence-corrected chi connectivity index (χ3v) is 3.79. The molecule has 0 aliphatic rings. The lowest BCUT2D eigenvalue weighted by atomic mass is 10.3. The Morgan fingerprint density at radius 2 is 1.86 bits per heavy atom. The van der Waals surface area contributed by atoms with Gasteiger partial charge in [0.1, 0.15) is 10.7 Å². The molecule has 0 spiro atoms. The maximum atomic E-state index is 12.2. The number of thiazole rings is 1. The average molecular weight is 311 g/mol. The van der Waals surface area contributed by atoms with Crippen molar-refractivity contribution in [1.82, 2.24) is 9.97 Å². The van der Waals surface area contributed by atoms with Crippen LogP contribution < -0.4 is 16.4 Å². The lowest BCUT2D eigenvalue weighted by Crippen LogP contribution is -2.12. The quantitative estimate of drug-likeness (QED) is 0.688. The molecule has 1 amide bonds. The number of nitrogens with zero attached hydrogens (tertiary/aromatic N) is 2. The summed E-state index contributed by atoms with van der Waals surface area (Å²) in [6.07, 6.45) is 3.21. The highest BCUT2D eigenvalue weighted by atomic mass is 32.1. The lowest BCUT2D eigenvalue weighted by Gasteiger charge is -2.02. The van der Waals surface area contributed by atoms with E-state index < -0.39 is 0 Å². The van der Waals surface area contributed by atoms with Crippen LogP contribution in [0.15, 0.2) is 54.9 Å². The molecule has 3 aromatic rings. The van der Waals surface area contributed by atoms with Gasteiger partial charge in [-0.25, -0.2) is 4.98 Å². The van der Waals surface area contributed by atoms with Gasteiger partial charge in [-0.1, -0.05) is 29.5 Å². The Morgan fingerprint density at radius 1 is 1.09 bits per heavy atom. The van der Waals surface area contributed by atoms with E-state index in [1.54, 1.807) is 24.5 Å². The van der Waals surface area contributed by atoms with Crippen LogP contribution in [0.2, 0.25) is 0 Å². The fourth-order valence-corrected chi connectivity index (χ4v) is 2.62. The molecule has 0 fully saturated rings. The maximum Gasteiger partial charge on any atom is 0.269 e. The van der Waals surface area contributed by atoms with E-state index in [0.717, 1.165) is 5.69 Å². The molecule has 0 aliphatic carbocycles. The molecule has 22 heavy (non-hydrogen) atoms. The van der Waals surface area contributed by atoms with Crippen LogP contribution in [0.1, 0.15) is 9.67 Å². The summed E-state index contributed by atoms with van der Waals surface area (Å²) >= 11 is 1.20. The summed E-state index contributed by atoms with van der Waals surface area (Å²) in [7, 11) is 0. The van der Waals surface area contributed by atoms with Gasteiger partial charge in [-0.15, -0.1) is 0 Å². The van der Waals surface area contributed by atoms with Gasteiger partial charge in [0.25, 0.3) is 5.91 Å². The molecule has 0 bridgehead atoms. The van der Waals surface area contributed by atoms with Crippen LogP contribution in [0.5, 0.6) is 0 Å². The molecule has 0 unspecified atom stereocenters. The average Bonchev–Trinajstić information content (AvgIpc) is 2.90.